The van der Waals surface area contributed by atoms with Crippen LogP contribution < -0.4 is 10.1 Å². The van der Waals surface area contributed by atoms with Crippen LogP contribution in [-0.4, -0.2) is 93.7 Å². The Morgan fingerprint density at radius 3 is 2.49 bits per heavy atom. The number of nitrogens with one attached hydrogen (secondary N) is 1. The molecule has 14 nitrogen and oxygen atoms in total. The van der Waals surface area contributed by atoms with Crippen LogP contribution in [0.5, 0.6) is 5.75 Å². The predicted molar refractivity (Wildman–Crippen MR) is 192 cm³/mol. The molecule has 5 atom stereocenters. The lowest BCUT2D eigenvalue weighted by molar-refractivity contribution is -0.118. The second-order valence-corrected chi connectivity index (χ2v) is 19.9. The fourth-order valence-electron chi connectivity index (χ4n) is 4.69. The summed E-state index contributed by atoms with van der Waals surface area (Å²) in [5, 5.41) is 13.3. The van der Waals surface area contributed by atoms with Crippen molar-refractivity contribution in [3.8, 4) is 11.9 Å². The van der Waals surface area contributed by atoms with Crippen molar-refractivity contribution in [2.24, 2.45) is 0 Å². The van der Waals surface area contributed by atoms with Gasteiger partial charge in [0.2, 0.25) is 0 Å². The van der Waals surface area contributed by atoms with Crippen molar-refractivity contribution in [1.82, 2.24) is 24.2 Å². The Kier molecular flexibility index (Phi) is 13.1. The quantitative estimate of drug-likeness (QED) is 0.0853. The molecule has 16 heteroatoms. The maximum Gasteiger partial charge on any atom is 0.408 e. The minimum absolute atomic E-state index is 0.0290. The average molecular weight is 717 g/mol. The van der Waals surface area contributed by atoms with Crippen LogP contribution in [-0.2, 0) is 23.0 Å². The van der Waals surface area contributed by atoms with Gasteiger partial charge in [0.05, 0.1) is 19.5 Å². The second kappa shape index (κ2) is 16.7. The largest absolute Gasteiger partial charge is 0.484 e. The lowest BCUT2D eigenvalue weighted by Gasteiger charge is -2.40. The van der Waals surface area contributed by atoms with E-state index in [4.69, 9.17) is 22.9 Å². The number of aliphatic hydroxyl groups is 1. The Hall–Kier alpha value is -3.22. The van der Waals surface area contributed by atoms with E-state index in [9.17, 15) is 9.90 Å². The molecule has 3 heterocycles. The maximum absolute atomic E-state index is 12.8. The number of aliphatic hydroxyl groups excluding tert-OH is 1. The zero-order chi connectivity index (χ0) is 35.9. The Labute approximate surface area is 291 Å². The van der Waals surface area contributed by atoms with E-state index in [2.05, 4.69) is 65.2 Å². The Balaban J connectivity index is 1.70. The van der Waals surface area contributed by atoms with Crippen LogP contribution >= 0.6 is 8.53 Å². The van der Waals surface area contributed by atoms with Gasteiger partial charge in [-0.05, 0) is 64.9 Å². The average Bonchev–Trinajstić information content (AvgIpc) is 3.61. The van der Waals surface area contributed by atoms with E-state index in [-0.39, 0.29) is 36.2 Å². The summed E-state index contributed by atoms with van der Waals surface area (Å²) in [4.78, 5) is 30.7. The van der Waals surface area contributed by atoms with E-state index in [1.54, 1.807) is 23.0 Å². The number of fused-ring (bicyclic) bond motifs is 1. The van der Waals surface area contributed by atoms with E-state index in [1.807, 2.05) is 57.5 Å². The second-order valence-electron chi connectivity index (χ2n) is 13.8. The van der Waals surface area contributed by atoms with Crippen molar-refractivity contribution in [3.63, 3.8) is 0 Å². The van der Waals surface area contributed by atoms with Crippen molar-refractivity contribution in [2.75, 3.05) is 25.1 Å². The number of amides is 1. The summed E-state index contributed by atoms with van der Waals surface area (Å²) in [5.74, 6) is 0.398. The molecular formula is C33H51N7O7PSi+. The molecular weight excluding hydrogens is 665 g/mol. The van der Waals surface area contributed by atoms with E-state index in [0.717, 1.165) is 0 Å². The number of rotatable bonds is 14. The highest BCUT2D eigenvalue weighted by atomic mass is 31.2. The zero-order valence-electron chi connectivity index (χ0n) is 30.2. The molecule has 2 N–H and O–H groups in total. The van der Waals surface area contributed by atoms with Gasteiger partial charge in [0.25, 0.3) is 5.91 Å². The van der Waals surface area contributed by atoms with Crippen molar-refractivity contribution < 1.29 is 32.8 Å². The Morgan fingerprint density at radius 1 is 1.16 bits per heavy atom. The molecule has 0 aliphatic carbocycles. The first-order valence-electron chi connectivity index (χ1n) is 16.6. The number of para-hydroxylation sites is 1. The van der Waals surface area contributed by atoms with Crippen LogP contribution in [0.4, 0.5) is 5.82 Å². The standard InChI is InChI=1S/C33H50N7O7PSi/c1-11-44-48(40(23(4)5)21-36-22(2)3)46-28-25(17-41)45-32(29(28)47-49(9,10)33(6,7)8)39-20-37-27-30(34-19-35-31(27)39)38-26(42)18-43-24-15-13-12-14-16-24/h12-16,19-20,22-23,25,28-29,32,41H,11,17-18H2,1-10H3/p+1/t25-,28-,29-,32-,48?/m1/s1. The normalized spacial score (nSPS) is 20.3. The molecule has 1 saturated heterocycles. The SMILES string of the molecule is CCOP(O[C@H]1[C@@H](O[Si](C)(C)C(C)(C)C)[C@H](n2cnc3c(NC(=O)COc4ccccc4)ncnc32)O[C@@H]1CO)N(C#[N+]C(C)C)C(C)C. The van der Waals surface area contributed by atoms with Crippen molar-refractivity contribution in [2.45, 2.75) is 110 Å². The van der Waals surface area contributed by atoms with Gasteiger partial charge in [0.15, 0.2) is 44.2 Å². The minimum atomic E-state index is -2.45. The van der Waals surface area contributed by atoms with E-state index in [0.29, 0.717) is 23.5 Å². The summed E-state index contributed by atoms with van der Waals surface area (Å²) in [6, 6.07) is 9.06. The number of benzene rings is 1. The van der Waals surface area contributed by atoms with Gasteiger partial charge in [-0.2, -0.15) is 4.85 Å². The fraction of sp³-hybridized carbons (Fsp3) is 0.606. The first-order chi connectivity index (χ1) is 23.2. The topological polar surface area (TPSA) is 147 Å². The third-order valence-electron chi connectivity index (χ3n) is 8.24. The third kappa shape index (κ3) is 9.52. The molecule has 268 valence electrons. The number of carbonyl (C=O) groups is 1. The minimum Gasteiger partial charge on any atom is -0.484 e. The molecule has 49 heavy (non-hydrogen) atoms. The number of carbonyl (C=O) groups excluding carboxylic acids is 1. The molecule has 3 aromatic rings. The number of nitrogens with zero attached hydrogens (tertiary/aromatic N) is 6. The monoisotopic (exact) mass is 716 g/mol. The zero-order valence-corrected chi connectivity index (χ0v) is 32.0. The van der Waals surface area contributed by atoms with Crippen molar-refractivity contribution >= 4 is 39.7 Å². The number of ether oxygens (including phenoxy) is 2. The highest BCUT2D eigenvalue weighted by Gasteiger charge is 2.54. The maximum atomic E-state index is 12.8. The van der Waals surface area contributed by atoms with Crippen molar-refractivity contribution in [1.29, 1.82) is 0 Å². The van der Waals surface area contributed by atoms with Crippen LogP contribution in [0.3, 0.4) is 0 Å². The lowest BCUT2D eigenvalue weighted by atomic mass is 10.1. The fourth-order valence-corrected chi connectivity index (χ4v) is 7.44. The molecule has 1 unspecified atom stereocenters. The molecule has 0 radical (unpaired) electrons. The highest BCUT2D eigenvalue weighted by Crippen LogP contribution is 2.51. The van der Waals surface area contributed by atoms with Crippen LogP contribution in [0, 0.1) is 6.19 Å². The van der Waals surface area contributed by atoms with Gasteiger partial charge in [0.1, 0.15) is 36.4 Å². The molecule has 1 fully saturated rings. The van der Waals surface area contributed by atoms with Gasteiger partial charge in [-0.3, -0.25) is 18.4 Å². The number of imidazole rings is 1. The number of hydrogen-bond acceptors (Lipinski definition) is 11. The highest BCUT2D eigenvalue weighted by molar-refractivity contribution is 7.44. The van der Waals surface area contributed by atoms with Gasteiger partial charge in [-0.1, -0.05) is 39.0 Å². The van der Waals surface area contributed by atoms with Gasteiger partial charge in [-0.25, -0.2) is 15.0 Å². The molecule has 4 rings (SSSR count). The van der Waals surface area contributed by atoms with E-state index in [1.165, 1.54) is 6.33 Å². The van der Waals surface area contributed by atoms with Gasteiger partial charge in [-0.15, -0.1) is 4.67 Å². The van der Waals surface area contributed by atoms with E-state index >= 15 is 0 Å². The van der Waals surface area contributed by atoms with Crippen LogP contribution in [0.15, 0.2) is 43.0 Å². The van der Waals surface area contributed by atoms with E-state index < -0.39 is 47.3 Å². The number of hydrogen-bond donors (Lipinski definition) is 2. The predicted octanol–water partition coefficient (Wildman–Crippen LogP) is 6.18. The Bertz CT molecular complexity index is 1590. The summed E-state index contributed by atoms with van der Waals surface area (Å²) >= 11 is 0. The summed E-state index contributed by atoms with van der Waals surface area (Å²) in [5.41, 5.74) is 0.769. The molecule has 0 bridgehead atoms. The lowest BCUT2D eigenvalue weighted by Crippen LogP contribution is -2.49. The molecule has 0 saturated carbocycles. The number of aromatic nitrogens is 4. The third-order valence-corrected chi connectivity index (χ3v) is 14.5. The van der Waals surface area contributed by atoms with Crippen LogP contribution in [0.1, 0.15) is 61.6 Å². The van der Waals surface area contributed by atoms with Crippen LogP contribution in [0.2, 0.25) is 18.1 Å². The van der Waals surface area contributed by atoms with Gasteiger partial charge in [0, 0.05) is 0 Å². The summed E-state index contributed by atoms with van der Waals surface area (Å²) < 4.78 is 35.8. The molecule has 2 aromatic heterocycles. The molecule has 0 spiro atoms. The van der Waals surface area contributed by atoms with Crippen LogP contribution in [0.25, 0.3) is 16.0 Å². The first-order valence-corrected chi connectivity index (χ1v) is 20.6. The summed E-state index contributed by atoms with van der Waals surface area (Å²) in [6.07, 6.45) is 3.07. The smallest absolute Gasteiger partial charge is 0.408 e. The Morgan fingerprint density at radius 2 is 1.88 bits per heavy atom. The molecule has 1 aliphatic heterocycles. The van der Waals surface area contributed by atoms with Gasteiger partial charge >= 0.3 is 14.7 Å². The molecule has 1 amide bonds. The number of anilines is 1. The van der Waals surface area contributed by atoms with Crippen molar-refractivity contribution in [3.05, 3.63) is 47.8 Å². The van der Waals surface area contributed by atoms with Gasteiger partial charge < -0.3 is 24.3 Å². The molecule has 1 aliphatic rings. The first kappa shape index (κ1) is 38.6. The summed E-state index contributed by atoms with van der Waals surface area (Å²) in [6.45, 7) is 20.5. The summed E-state index contributed by atoms with van der Waals surface area (Å²) in [7, 11) is -4.17. The molecule has 1 aromatic carbocycles.